The molecule has 5 rings (SSSR count). The summed E-state index contributed by atoms with van der Waals surface area (Å²) in [5.41, 5.74) is 4.88. The molecule has 0 N–H and O–H groups in total. The number of allylic oxidation sites excluding steroid dienone is 3. The average Bonchev–Trinajstić information content (AvgIpc) is 3.37. The monoisotopic (exact) mass is 727 g/mol. The Kier molecular flexibility index (Phi) is 11.6. The van der Waals surface area contributed by atoms with Gasteiger partial charge in [-0.05, 0) is 129 Å². The van der Waals surface area contributed by atoms with Gasteiger partial charge in [-0.25, -0.2) is 12.6 Å². The number of sulfonamides is 1. The molecule has 2 saturated carbocycles. The summed E-state index contributed by atoms with van der Waals surface area (Å²) in [4.78, 5) is 0.217. The fourth-order valence-electron chi connectivity index (χ4n) is 8.93. The molecule has 49 heavy (non-hydrogen) atoms. The van der Waals surface area contributed by atoms with Crippen LogP contribution in [0.4, 0.5) is 0 Å². The quantitative estimate of drug-likeness (QED) is 0.188. The lowest BCUT2D eigenvalue weighted by molar-refractivity contribution is 0.111. The number of rotatable bonds is 9. The van der Waals surface area contributed by atoms with E-state index in [1.54, 1.807) is 12.1 Å². The molecule has 1 heterocycles. The van der Waals surface area contributed by atoms with Gasteiger partial charge in [-0.15, -0.1) is 3.71 Å². The molecule has 0 amide bonds. The molecule has 5 nitrogen and oxygen atoms in total. The summed E-state index contributed by atoms with van der Waals surface area (Å²) >= 11 is 0. The van der Waals surface area contributed by atoms with Crippen molar-refractivity contribution in [2.75, 3.05) is 5.75 Å². The van der Waals surface area contributed by atoms with Gasteiger partial charge in [0.15, 0.2) is 8.32 Å². The van der Waals surface area contributed by atoms with Crippen molar-refractivity contribution in [3.05, 3.63) is 64.8 Å². The largest absolute Gasteiger partial charge is 0.414 e. The van der Waals surface area contributed by atoms with Crippen LogP contribution < -0.4 is 0 Å². The van der Waals surface area contributed by atoms with E-state index in [2.05, 4.69) is 86.7 Å². The third kappa shape index (κ3) is 7.89. The molecular weight excluding hydrogens is 663 g/mol. The Hall–Kier alpha value is -1.32. The van der Waals surface area contributed by atoms with Crippen molar-refractivity contribution in [3.8, 4) is 0 Å². The topological polar surface area (TPSA) is 63.7 Å². The van der Waals surface area contributed by atoms with E-state index in [4.69, 9.17) is 4.43 Å². The first-order valence-corrected chi connectivity index (χ1v) is 24.7. The standard InChI is InChI=1S/C41H65NO4S2Si/c1-28(2)30(4)16-17-31(5)37-22-23-38-32(13-12-24-41(37,38)9)25-39-36-26-34(46-49(10,11)40(6,7)8)19-18-33(36)27-47(43)42(39)48(44,45)35-20-14-29(3)15-21-35/h14-17,20-21,25,28,30-31,34,37-39H,12-13,18-19,22-24,26-27H2,1-11H3/b17-16+,32-25+/t30-,31+,34-,37+,38-,39?,41+,47?/m0/s1. The number of benzene rings is 1. The lowest BCUT2D eigenvalue weighted by Gasteiger charge is -2.46. The minimum absolute atomic E-state index is 0.0457. The second kappa shape index (κ2) is 14.6. The molecule has 2 unspecified atom stereocenters. The molecule has 3 aliphatic carbocycles. The van der Waals surface area contributed by atoms with Crippen LogP contribution in [0.25, 0.3) is 0 Å². The van der Waals surface area contributed by atoms with E-state index >= 15 is 0 Å². The maximum Gasteiger partial charge on any atom is 0.255 e. The van der Waals surface area contributed by atoms with Crippen LogP contribution in [0.1, 0.15) is 112 Å². The first-order chi connectivity index (χ1) is 22.8. The predicted octanol–water partition coefficient (Wildman–Crippen LogP) is 10.5. The predicted molar refractivity (Wildman–Crippen MR) is 209 cm³/mol. The smallest absolute Gasteiger partial charge is 0.255 e. The van der Waals surface area contributed by atoms with Crippen LogP contribution in [0, 0.1) is 41.9 Å². The summed E-state index contributed by atoms with van der Waals surface area (Å²) in [7, 11) is -7.76. The second-order valence-corrected chi connectivity index (χ2v) is 26.2. The van der Waals surface area contributed by atoms with E-state index in [9.17, 15) is 12.6 Å². The van der Waals surface area contributed by atoms with Crippen molar-refractivity contribution >= 4 is 29.3 Å². The van der Waals surface area contributed by atoms with Gasteiger partial charge >= 0.3 is 0 Å². The first kappa shape index (κ1) is 38.9. The van der Waals surface area contributed by atoms with E-state index in [1.807, 2.05) is 19.1 Å². The van der Waals surface area contributed by atoms with E-state index in [-0.39, 0.29) is 27.2 Å². The van der Waals surface area contributed by atoms with Crippen LogP contribution in [0.2, 0.25) is 18.1 Å². The molecule has 0 radical (unpaired) electrons. The van der Waals surface area contributed by atoms with Gasteiger partial charge in [0.2, 0.25) is 0 Å². The maximum absolute atomic E-state index is 14.5. The van der Waals surface area contributed by atoms with Crippen molar-refractivity contribution in [3.63, 3.8) is 0 Å². The maximum atomic E-state index is 14.5. The Morgan fingerprint density at radius 3 is 2.33 bits per heavy atom. The van der Waals surface area contributed by atoms with Gasteiger partial charge in [0, 0.05) is 6.10 Å². The van der Waals surface area contributed by atoms with Gasteiger partial charge in [-0.2, -0.15) is 0 Å². The third-order valence-electron chi connectivity index (χ3n) is 13.4. The second-order valence-electron chi connectivity index (χ2n) is 18.0. The zero-order valence-corrected chi connectivity index (χ0v) is 35.0. The Morgan fingerprint density at radius 2 is 1.69 bits per heavy atom. The Balaban J connectivity index is 1.55. The lowest BCUT2D eigenvalue weighted by Crippen LogP contribution is -2.50. The Bertz CT molecular complexity index is 1590. The van der Waals surface area contributed by atoms with Crippen molar-refractivity contribution in [1.29, 1.82) is 0 Å². The molecule has 0 spiro atoms. The summed E-state index contributed by atoms with van der Waals surface area (Å²) in [6.45, 7) is 25.2. The molecule has 8 atom stereocenters. The highest BCUT2D eigenvalue weighted by molar-refractivity contribution is 8.01. The van der Waals surface area contributed by atoms with Gasteiger partial charge in [0.05, 0.1) is 16.7 Å². The molecule has 0 aromatic heterocycles. The number of aryl methyl sites for hydroxylation is 1. The van der Waals surface area contributed by atoms with E-state index in [0.717, 1.165) is 43.2 Å². The van der Waals surface area contributed by atoms with Crippen LogP contribution >= 0.6 is 0 Å². The van der Waals surface area contributed by atoms with Crippen LogP contribution in [-0.4, -0.2) is 42.6 Å². The summed E-state index contributed by atoms with van der Waals surface area (Å²) < 4.78 is 51.6. The molecule has 1 aromatic rings. The minimum Gasteiger partial charge on any atom is -0.414 e. The van der Waals surface area contributed by atoms with Gasteiger partial charge in [-0.1, -0.05) is 102 Å². The Labute approximate surface area is 303 Å². The van der Waals surface area contributed by atoms with E-state index < -0.39 is 35.4 Å². The normalized spacial score (nSPS) is 32.5. The molecule has 1 aromatic carbocycles. The highest BCUT2D eigenvalue weighted by Gasteiger charge is 2.52. The van der Waals surface area contributed by atoms with Crippen LogP contribution in [0.5, 0.6) is 0 Å². The molecule has 8 heteroatoms. The highest BCUT2D eigenvalue weighted by Crippen LogP contribution is 2.60. The first-order valence-electron chi connectivity index (χ1n) is 19.0. The zero-order valence-electron chi connectivity index (χ0n) is 32.3. The SMILES string of the molecule is Cc1ccc(S(=O)(=O)N2C(/C=C3\CCC[C@]4(C)[C@@H]([C@H](C)/C=C/[C@H](C)C(C)C)CC[C@@H]34)C3=C(CC[C@H](O[Si](C)(C)C(C)(C)C)C3)CS2=O)cc1. The number of hydrogen-bond acceptors (Lipinski definition) is 4. The van der Waals surface area contributed by atoms with Crippen molar-refractivity contribution < 1.29 is 17.1 Å². The van der Waals surface area contributed by atoms with Crippen molar-refractivity contribution in [2.45, 2.75) is 149 Å². The number of fused-ring (bicyclic) bond motifs is 1. The van der Waals surface area contributed by atoms with E-state index in [0.29, 0.717) is 36.0 Å². The fourth-order valence-corrected chi connectivity index (χ4v) is 14.0. The van der Waals surface area contributed by atoms with Crippen LogP contribution in [-0.2, 0) is 25.4 Å². The van der Waals surface area contributed by atoms with Crippen molar-refractivity contribution in [1.82, 2.24) is 3.71 Å². The highest BCUT2D eigenvalue weighted by atomic mass is 32.3. The number of nitrogens with zero attached hydrogens (tertiary/aromatic N) is 1. The molecule has 0 bridgehead atoms. The molecule has 4 aliphatic rings. The van der Waals surface area contributed by atoms with Crippen molar-refractivity contribution in [2.24, 2.45) is 35.0 Å². The summed E-state index contributed by atoms with van der Waals surface area (Å²) in [6, 6.07) is 6.47. The summed E-state index contributed by atoms with van der Waals surface area (Å²) in [5.74, 6) is 2.98. The fraction of sp³-hybridized carbons (Fsp3) is 0.707. The molecule has 1 aliphatic heterocycles. The van der Waals surface area contributed by atoms with Gasteiger partial charge in [-0.3, -0.25) is 0 Å². The molecule has 274 valence electrons. The molecular formula is C41H65NO4S2Si. The molecule has 0 saturated heterocycles. The zero-order chi connectivity index (χ0) is 36.1. The summed E-state index contributed by atoms with van der Waals surface area (Å²) in [6.07, 6.45) is 15.3. The third-order valence-corrected chi connectivity index (χ3v) is 21.8. The van der Waals surface area contributed by atoms with Crippen LogP contribution in [0.15, 0.2) is 64.1 Å². The lowest BCUT2D eigenvalue weighted by atomic mass is 9.61. The van der Waals surface area contributed by atoms with Gasteiger partial charge in [0.25, 0.3) is 10.0 Å². The van der Waals surface area contributed by atoms with E-state index in [1.165, 1.54) is 27.7 Å². The number of hydrogen-bond donors (Lipinski definition) is 0. The Morgan fingerprint density at radius 1 is 1.02 bits per heavy atom. The van der Waals surface area contributed by atoms with Gasteiger partial charge in [0.1, 0.15) is 11.0 Å². The average molecular weight is 728 g/mol. The van der Waals surface area contributed by atoms with Gasteiger partial charge < -0.3 is 4.43 Å². The van der Waals surface area contributed by atoms with Crippen LogP contribution in [0.3, 0.4) is 0 Å². The molecule has 2 fully saturated rings. The summed E-state index contributed by atoms with van der Waals surface area (Å²) in [5, 5.41) is 0.0859. The minimum atomic E-state index is -4.03.